The Bertz CT molecular complexity index is 1240. The summed E-state index contributed by atoms with van der Waals surface area (Å²) in [5.41, 5.74) is 1.31. The molecule has 0 N–H and O–H groups in total. The number of benzene rings is 3. The molecule has 0 unspecified atom stereocenters. The zero-order chi connectivity index (χ0) is 21.8. The lowest BCUT2D eigenvalue weighted by molar-refractivity contribution is 0.414. The summed E-state index contributed by atoms with van der Waals surface area (Å²) in [4.78, 5) is 12.9. The van der Waals surface area contributed by atoms with Gasteiger partial charge in [-0.05, 0) is 36.8 Å². The van der Waals surface area contributed by atoms with Gasteiger partial charge in [0.2, 0.25) is 0 Å². The molecule has 4 rings (SSSR count). The monoisotopic (exact) mass is 429 g/mol. The fourth-order valence-electron chi connectivity index (χ4n) is 3.91. The number of rotatable bonds is 6. The third-order valence-electron chi connectivity index (χ3n) is 5.41. The molecule has 31 heavy (non-hydrogen) atoms. The average Bonchev–Trinajstić information content (AvgIpc) is 2.84. The molecule has 0 saturated heterocycles. The lowest BCUT2D eigenvalue weighted by Gasteiger charge is -2.24. The van der Waals surface area contributed by atoms with Crippen LogP contribution < -0.4 is 26.2 Å². The van der Waals surface area contributed by atoms with E-state index in [0.717, 1.165) is 22.0 Å². The molecular weight excluding hydrogens is 405 g/mol. The minimum absolute atomic E-state index is 0.154. The second-order valence-electron chi connectivity index (χ2n) is 7.17. The van der Waals surface area contributed by atoms with Gasteiger partial charge in [0, 0.05) is 33.4 Å². The van der Waals surface area contributed by atoms with E-state index in [0.29, 0.717) is 17.5 Å². The Kier molecular flexibility index (Phi) is 5.92. The molecule has 0 amide bonds. The molecule has 0 fully saturated rings. The Morgan fingerprint density at radius 1 is 0.774 bits per heavy atom. The number of aromatic nitrogens is 1. The highest BCUT2D eigenvalue weighted by Gasteiger charge is 2.33. The first-order valence-corrected chi connectivity index (χ1v) is 11.9. The van der Waals surface area contributed by atoms with Gasteiger partial charge >= 0.3 is 0 Å². The third-order valence-corrected chi connectivity index (χ3v) is 8.55. The van der Waals surface area contributed by atoms with E-state index in [1.807, 2.05) is 91.9 Å². The molecule has 0 spiro atoms. The topological polar surface area (TPSA) is 48.3 Å². The predicted octanol–water partition coefficient (Wildman–Crippen LogP) is 4.05. The van der Waals surface area contributed by atoms with E-state index < -0.39 is 7.14 Å². The van der Waals surface area contributed by atoms with Gasteiger partial charge in [0.25, 0.3) is 5.56 Å². The van der Waals surface area contributed by atoms with Crippen molar-refractivity contribution >= 4 is 23.1 Å². The lowest BCUT2D eigenvalue weighted by Crippen LogP contribution is -2.33. The van der Waals surface area contributed by atoms with Gasteiger partial charge in [-0.2, -0.15) is 0 Å². The zero-order valence-corrected chi connectivity index (χ0v) is 18.5. The van der Waals surface area contributed by atoms with Crippen LogP contribution in [-0.4, -0.2) is 11.7 Å². The fraction of sp³-hybridized carbons (Fsp3) is 0.115. The zero-order valence-electron chi connectivity index (χ0n) is 17.6. The summed E-state index contributed by atoms with van der Waals surface area (Å²) in [6.45, 7) is 1.98. The van der Waals surface area contributed by atoms with Gasteiger partial charge in [-0.3, -0.25) is 9.36 Å². The first kappa shape index (κ1) is 20.9. The largest absolute Gasteiger partial charge is 0.497 e. The van der Waals surface area contributed by atoms with Gasteiger partial charge < -0.3 is 9.30 Å². The number of pyridine rings is 1. The number of ether oxygens (including phenoxy) is 1. The molecule has 0 aliphatic rings. The van der Waals surface area contributed by atoms with Crippen LogP contribution >= 0.6 is 7.14 Å². The molecule has 156 valence electrons. The molecule has 0 radical (unpaired) electrons. The Labute approximate surface area is 182 Å². The Hall–Kier alpha value is -3.36. The van der Waals surface area contributed by atoms with Gasteiger partial charge in [0.05, 0.1) is 7.11 Å². The van der Waals surface area contributed by atoms with Crippen molar-refractivity contribution in [2.75, 3.05) is 7.11 Å². The highest BCUT2D eigenvalue weighted by atomic mass is 31.2. The van der Waals surface area contributed by atoms with E-state index in [1.54, 1.807) is 17.7 Å². The van der Waals surface area contributed by atoms with Crippen molar-refractivity contribution in [3.63, 3.8) is 0 Å². The Morgan fingerprint density at radius 3 is 1.81 bits per heavy atom. The summed E-state index contributed by atoms with van der Waals surface area (Å²) < 4.78 is 21.8. The maximum absolute atomic E-state index is 14.9. The molecule has 4 nitrogen and oxygen atoms in total. The number of methoxy groups -OCH3 is 1. The van der Waals surface area contributed by atoms with Crippen LogP contribution in [0.2, 0.25) is 0 Å². The summed E-state index contributed by atoms with van der Waals surface area (Å²) in [6.07, 6.45) is 0.557. The molecule has 0 atom stereocenters. The SMILES string of the molecule is CCc1c(P(=O)(c2ccccc2)c2ccccc2)ccc(=O)n1-c1ccc(OC)cc1. The standard InChI is InChI=1S/C26H24NO3P/c1-3-24-25(18-19-26(28)27(24)20-14-16-21(30-2)17-15-20)31(29,22-10-6-4-7-11-22)23-12-8-5-9-13-23/h4-19H,3H2,1-2H3. The van der Waals surface area contributed by atoms with Gasteiger partial charge in [-0.1, -0.05) is 67.6 Å². The van der Waals surface area contributed by atoms with Crippen LogP contribution in [0.3, 0.4) is 0 Å². The van der Waals surface area contributed by atoms with Gasteiger partial charge in [-0.25, -0.2) is 0 Å². The number of hydrogen-bond donors (Lipinski definition) is 0. The third kappa shape index (κ3) is 3.75. The second-order valence-corrected chi connectivity index (χ2v) is 9.90. The molecule has 0 aliphatic heterocycles. The maximum atomic E-state index is 14.9. The first-order chi connectivity index (χ1) is 15.1. The Morgan fingerprint density at radius 2 is 1.32 bits per heavy atom. The lowest BCUT2D eigenvalue weighted by atomic mass is 10.2. The van der Waals surface area contributed by atoms with Gasteiger partial charge in [0.15, 0.2) is 7.14 Å². The van der Waals surface area contributed by atoms with Crippen LogP contribution in [0.1, 0.15) is 12.6 Å². The normalized spacial score (nSPS) is 11.3. The number of nitrogens with zero attached hydrogens (tertiary/aromatic N) is 1. The molecule has 3 aromatic carbocycles. The van der Waals surface area contributed by atoms with E-state index in [1.165, 1.54) is 6.07 Å². The van der Waals surface area contributed by atoms with Gasteiger partial charge in [-0.15, -0.1) is 0 Å². The summed E-state index contributed by atoms with van der Waals surface area (Å²) in [5, 5.41) is 2.18. The first-order valence-electron chi connectivity index (χ1n) is 10.2. The summed E-state index contributed by atoms with van der Waals surface area (Å²) in [5.74, 6) is 0.713. The number of hydrogen-bond acceptors (Lipinski definition) is 3. The molecule has 0 saturated carbocycles. The molecule has 4 aromatic rings. The molecular formula is C26H24NO3P. The van der Waals surface area contributed by atoms with Crippen LogP contribution in [0.25, 0.3) is 5.69 Å². The van der Waals surface area contributed by atoms with Crippen molar-refractivity contribution in [3.8, 4) is 11.4 Å². The minimum atomic E-state index is -3.20. The van der Waals surface area contributed by atoms with Crippen molar-refractivity contribution in [1.29, 1.82) is 0 Å². The highest BCUT2D eigenvalue weighted by Crippen LogP contribution is 2.43. The fourth-order valence-corrected chi connectivity index (χ4v) is 6.86. The summed E-state index contributed by atoms with van der Waals surface area (Å²) in [6, 6.07) is 29.6. The second kappa shape index (κ2) is 8.79. The van der Waals surface area contributed by atoms with E-state index in [2.05, 4.69) is 0 Å². The van der Waals surface area contributed by atoms with Gasteiger partial charge in [0.1, 0.15) is 5.75 Å². The van der Waals surface area contributed by atoms with Crippen LogP contribution in [0.15, 0.2) is 102 Å². The summed E-state index contributed by atoms with van der Waals surface area (Å²) >= 11 is 0. The molecule has 0 aliphatic carbocycles. The molecule has 1 heterocycles. The molecule has 0 bridgehead atoms. The summed E-state index contributed by atoms with van der Waals surface area (Å²) in [7, 11) is -1.59. The molecule has 5 heteroatoms. The molecule has 1 aromatic heterocycles. The average molecular weight is 429 g/mol. The van der Waals surface area contributed by atoms with Crippen molar-refractivity contribution in [2.45, 2.75) is 13.3 Å². The predicted molar refractivity (Wildman–Crippen MR) is 127 cm³/mol. The highest BCUT2D eigenvalue weighted by molar-refractivity contribution is 7.85. The van der Waals surface area contributed by atoms with Crippen molar-refractivity contribution < 1.29 is 9.30 Å². The van der Waals surface area contributed by atoms with Crippen LogP contribution in [0, 0.1) is 0 Å². The van der Waals surface area contributed by atoms with Crippen LogP contribution in [0.4, 0.5) is 0 Å². The van der Waals surface area contributed by atoms with Crippen LogP contribution in [-0.2, 0) is 11.0 Å². The van der Waals surface area contributed by atoms with Crippen LogP contribution in [0.5, 0.6) is 5.75 Å². The maximum Gasteiger partial charge on any atom is 0.255 e. The quantitative estimate of drug-likeness (QED) is 0.435. The van der Waals surface area contributed by atoms with Crippen molar-refractivity contribution in [2.24, 2.45) is 0 Å². The van der Waals surface area contributed by atoms with E-state index in [-0.39, 0.29) is 5.56 Å². The minimum Gasteiger partial charge on any atom is -0.497 e. The van der Waals surface area contributed by atoms with Crippen molar-refractivity contribution in [3.05, 3.63) is 113 Å². The van der Waals surface area contributed by atoms with E-state index in [4.69, 9.17) is 4.74 Å². The Balaban J connectivity index is 2.03. The van der Waals surface area contributed by atoms with E-state index >= 15 is 0 Å². The smallest absolute Gasteiger partial charge is 0.255 e. The van der Waals surface area contributed by atoms with Crippen molar-refractivity contribution in [1.82, 2.24) is 4.57 Å². The van der Waals surface area contributed by atoms with E-state index in [9.17, 15) is 9.36 Å².